The zero-order valence-electron chi connectivity index (χ0n) is 8.00. The lowest BCUT2D eigenvalue weighted by atomic mass is 10.2. The number of rotatable bonds is 3. The van der Waals surface area contributed by atoms with Gasteiger partial charge in [0.1, 0.15) is 0 Å². The summed E-state index contributed by atoms with van der Waals surface area (Å²) in [6, 6.07) is 1.07. The van der Waals surface area contributed by atoms with Crippen LogP contribution in [-0.4, -0.2) is 28.6 Å². The van der Waals surface area contributed by atoms with E-state index in [1.165, 1.54) is 6.92 Å². The number of pyridine rings is 1. The summed E-state index contributed by atoms with van der Waals surface area (Å²) in [6.45, 7) is 1.44. The van der Waals surface area contributed by atoms with E-state index in [0.717, 1.165) is 12.3 Å². The minimum Gasteiger partial charge on any atom is -0.392 e. The number of aromatic nitrogens is 1. The first-order chi connectivity index (χ1) is 7.02. The molecule has 1 aromatic heterocycles. The molecule has 1 rings (SSSR count). The lowest BCUT2D eigenvalue weighted by molar-refractivity contribution is 0.0918. The van der Waals surface area contributed by atoms with Crippen LogP contribution in [0, 0.1) is 11.8 Å². The summed E-state index contributed by atoms with van der Waals surface area (Å²) in [5.74, 6) is -3.39. The zero-order valence-corrected chi connectivity index (χ0v) is 8.00. The highest BCUT2D eigenvalue weighted by Gasteiger charge is 2.15. The number of aliphatic hydroxyl groups excluding tert-OH is 1. The number of halogens is 2. The minimum atomic E-state index is -1.32. The van der Waals surface area contributed by atoms with E-state index in [1.54, 1.807) is 0 Å². The van der Waals surface area contributed by atoms with E-state index in [4.69, 9.17) is 5.11 Å². The van der Waals surface area contributed by atoms with Gasteiger partial charge in [0.25, 0.3) is 5.91 Å². The second-order valence-electron chi connectivity index (χ2n) is 3.02. The molecule has 82 valence electrons. The first kappa shape index (κ1) is 11.5. The normalized spacial score (nSPS) is 12.3. The number of aliphatic hydroxyl groups is 1. The van der Waals surface area contributed by atoms with Crippen LogP contribution in [0.3, 0.4) is 0 Å². The van der Waals surface area contributed by atoms with Crippen molar-refractivity contribution in [2.24, 2.45) is 0 Å². The summed E-state index contributed by atoms with van der Waals surface area (Å²) in [5.41, 5.74) is -0.428. The Morgan fingerprint density at radius 1 is 1.67 bits per heavy atom. The molecule has 0 aromatic carbocycles. The highest BCUT2D eigenvalue weighted by atomic mass is 19.2. The highest BCUT2D eigenvalue weighted by molar-refractivity contribution is 5.94. The summed E-state index contributed by atoms with van der Waals surface area (Å²) in [7, 11) is 0. The molecule has 4 nitrogen and oxygen atoms in total. The third kappa shape index (κ3) is 2.95. The van der Waals surface area contributed by atoms with E-state index in [1.807, 2.05) is 0 Å². The van der Waals surface area contributed by atoms with Gasteiger partial charge in [0.05, 0.1) is 11.7 Å². The molecule has 0 fully saturated rings. The van der Waals surface area contributed by atoms with Crippen LogP contribution in [0.1, 0.15) is 17.3 Å². The minimum absolute atomic E-state index is 0.0256. The molecular weight excluding hydrogens is 206 g/mol. The average Bonchev–Trinajstić information content (AvgIpc) is 2.18. The van der Waals surface area contributed by atoms with Crippen LogP contribution >= 0.6 is 0 Å². The van der Waals surface area contributed by atoms with Gasteiger partial charge in [0, 0.05) is 12.7 Å². The predicted molar refractivity (Wildman–Crippen MR) is 48.2 cm³/mol. The number of carbonyl (C=O) groups excluding carboxylic acids is 1. The number of carbonyl (C=O) groups is 1. The van der Waals surface area contributed by atoms with E-state index in [9.17, 15) is 13.6 Å². The number of hydrogen-bond acceptors (Lipinski definition) is 3. The van der Waals surface area contributed by atoms with Crippen LogP contribution in [0.4, 0.5) is 8.78 Å². The van der Waals surface area contributed by atoms with Gasteiger partial charge < -0.3 is 10.4 Å². The largest absolute Gasteiger partial charge is 0.392 e. The molecule has 6 heteroatoms. The van der Waals surface area contributed by atoms with Gasteiger partial charge in [-0.2, -0.15) is 4.39 Å². The van der Waals surface area contributed by atoms with Crippen molar-refractivity contribution >= 4 is 5.91 Å². The van der Waals surface area contributed by atoms with Crippen LogP contribution in [0.2, 0.25) is 0 Å². The summed E-state index contributed by atoms with van der Waals surface area (Å²) >= 11 is 0. The van der Waals surface area contributed by atoms with Gasteiger partial charge in [0.15, 0.2) is 5.82 Å². The van der Waals surface area contributed by atoms with E-state index in [-0.39, 0.29) is 6.54 Å². The molecule has 1 unspecified atom stereocenters. The lowest BCUT2D eigenvalue weighted by Crippen LogP contribution is -2.31. The Morgan fingerprint density at radius 3 is 2.93 bits per heavy atom. The van der Waals surface area contributed by atoms with Crippen LogP contribution in [0.25, 0.3) is 0 Å². The third-order valence-electron chi connectivity index (χ3n) is 1.65. The molecule has 1 heterocycles. The summed E-state index contributed by atoms with van der Waals surface area (Å²) < 4.78 is 25.6. The van der Waals surface area contributed by atoms with Crippen molar-refractivity contribution in [1.29, 1.82) is 0 Å². The first-order valence-electron chi connectivity index (χ1n) is 4.28. The van der Waals surface area contributed by atoms with E-state index < -0.39 is 29.3 Å². The summed E-state index contributed by atoms with van der Waals surface area (Å²) in [6.07, 6.45) is 0.249. The molecule has 0 aliphatic rings. The van der Waals surface area contributed by atoms with Crippen molar-refractivity contribution in [3.8, 4) is 0 Å². The maximum absolute atomic E-state index is 13.0. The lowest BCUT2D eigenvalue weighted by Gasteiger charge is -2.07. The number of amides is 1. The second kappa shape index (κ2) is 4.79. The van der Waals surface area contributed by atoms with Crippen molar-refractivity contribution in [2.45, 2.75) is 13.0 Å². The van der Waals surface area contributed by atoms with Gasteiger partial charge in [-0.05, 0) is 13.0 Å². The topological polar surface area (TPSA) is 62.2 Å². The molecule has 0 saturated carbocycles. The van der Waals surface area contributed by atoms with E-state index in [0.29, 0.717) is 0 Å². The number of nitrogens with zero attached hydrogens (tertiary/aromatic N) is 1. The van der Waals surface area contributed by atoms with Crippen LogP contribution < -0.4 is 5.32 Å². The van der Waals surface area contributed by atoms with Gasteiger partial charge in [-0.3, -0.25) is 4.79 Å². The Morgan fingerprint density at radius 2 is 2.33 bits per heavy atom. The molecule has 1 atom stereocenters. The number of hydrogen-bond donors (Lipinski definition) is 2. The molecule has 0 aliphatic heterocycles. The van der Waals surface area contributed by atoms with Gasteiger partial charge in [-0.15, -0.1) is 0 Å². The zero-order chi connectivity index (χ0) is 11.4. The van der Waals surface area contributed by atoms with Crippen molar-refractivity contribution in [2.75, 3.05) is 6.54 Å². The fourth-order valence-corrected chi connectivity index (χ4v) is 0.929. The molecule has 0 radical (unpaired) electrons. The predicted octanol–water partition coefficient (Wildman–Crippen LogP) is 0.470. The summed E-state index contributed by atoms with van der Waals surface area (Å²) in [4.78, 5) is 14.3. The third-order valence-corrected chi connectivity index (χ3v) is 1.65. The van der Waals surface area contributed by atoms with Crippen molar-refractivity contribution in [1.82, 2.24) is 10.3 Å². The maximum atomic E-state index is 13.0. The van der Waals surface area contributed by atoms with Crippen LogP contribution in [0.5, 0.6) is 0 Å². The smallest absolute Gasteiger partial charge is 0.254 e. The van der Waals surface area contributed by atoms with E-state index in [2.05, 4.69) is 10.3 Å². The molecule has 2 N–H and O–H groups in total. The molecule has 0 bridgehead atoms. The fraction of sp³-hybridized carbons (Fsp3) is 0.333. The SMILES string of the molecule is CC(O)CNC(=O)c1ccnc(F)c1F. The highest BCUT2D eigenvalue weighted by Crippen LogP contribution is 2.08. The molecule has 0 aliphatic carbocycles. The Balaban J connectivity index is 2.78. The Kier molecular flexibility index (Phi) is 3.68. The quantitative estimate of drug-likeness (QED) is 0.722. The average molecular weight is 216 g/mol. The molecule has 1 aromatic rings. The second-order valence-corrected chi connectivity index (χ2v) is 3.02. The van der Waals surface area contributed by atoms with Crippen molar-refractivity contribution in [3.05, 3.63) is 29.6 Å². The molecule has 1 amide bonds. The van der Waals surface area contributed by atoms with Gasteiger partial charge >= 0.3 is 0 Å². The molecule has 15 heavy (non-hydrogen) atoms. The Hall–Kier alpha value is -1.56. The maximum Gasteiger partial charge on any atom is 0.254 e. The fourth-order valence-electron chi connectivity index (χ4n) is 0.929. The van der Waals surface area contributed by atoms with Crippen molar-refractivity contribution in [3.63, 3.8) is 0 Å². The molecular formula is C9H10F2N2O2. The van der Waals surface area contributed by atoms with Crippen LogP contribution in [-0.2, 0) is 0 Å². The monoisotopic (exact) mass is 216 g/mol. The van der Waals surface area contributed by atoms with E-state index >= 15 is 0 Å². The molecule has 0 spiro atoms. The summed E-state index contributed by atoms with van der Waals surface area (Å²) in [5, 5.41) is 11.1. The van der Waals surface area contributed by atoms with Gasteiger partial charge in [0.2, 0.25) is 5.95 Å². The van der Waals surface area contributed by atoms with Gasteiger partial charge in [-0.25, -0.2) is 9.37 Å². The first-order valence-corrected chi connectivity index (χ1v) is 4.28. The standard InChI is InChI=1S/C9H10F2N2O2/c1-5(14)4-13-9(15)6-2-3-12-8(11)7(6)10/h2-3,5,14H,4H2,1H3,(H,13,15). The Bertz CT molecular complexity index is 369. The molecule has 0 saturated heterocycles. The van der Waals surface area contributed by atoms with Crippen molar-refractivity contribution < 1.29 is 18.7 Å². The number of nitrogens with one attached hydrogen (secondary N) is 1. The van der Waals surface area contributed by atoms with Crippen LogP contribution in [0.15, 0.2) is 12.3 Å². The Labute approximate surface area is 84.9 Å². The van der Waals surface area contributed by atoms with Gasteiger partial charge in [-0.1, -0.05) is 0 Å².